The summed E-state index contributed by atoms with van der Waals surface area (Å²) in [5.41, 5.74) is 1.46. The molecule has 1 fully saturated rings. The number of benzene rings is 2. The van der Waals surface area contributed by atoms with Crippen LogP contribution in [0.5, 0.6) is 0 Å². The van der Waals surface area contributed by atoms with Crippen molar-refractivity contribution in [3.8, 4) is 0 Å². The highest BCUT2D eigenvalue weighted by atomic mass is 79.9. The second-order valence-corrected chi connectivity index (χ2v) is 7.64. The molecule has 138 valence electrons. The fourth-order valence-corrected chi connectivity index (χ4v) is 4.11. The first-order valence-corrected chi connectivity index (χ1v) is 9.50. The van der Waals surface area contributed by atoms with E-state index in [1.807, 2.05) is 0 Å². The zero-order valence-corrected chi connectivity index (χ0v) is 16.3. The summed E-state index contributed by atoms with van der Waals surface area (Å²) in [6.45, 7) is 0. The summed E-state index contributed by atoms with van der Waals surface area (Å²) in [4.78, 5) is 38.8. The highest BCUT2D eigenvalue weighted by Crippen LogP contribution is 2.38. The summed E-state index contributed by atoms with van der Waals surface area (Å²) in [6.07, 6.45) is -0.336. The quantitative estimate of drug-likeness (QED) is 0.721. The number of ether oxygens (including phenoxy) is 1. The van der Waals surface area contributed by atoms with Crippen LogP contribution < -0.4 is 5.32 Å². The van der Waals surface area contributed by atoms with Gasteiger partial charge in [0, 0.05) is 16.5 Å². The van der Waals surface area contributed by atoms with Crippen LogP contribution in [0.1, 0.15) is 35.0 Å². The Balaban J connectivity index is 1.60. The molecule has 0 aromatic heterocycles. The van der Waals surface area contributed by atoms with E-state index in [0.717, 1.165) is 4.47 Å². The zero-order chi connectivity index (χ0) is 19.1. The van der Waals surface area contributed by atoms with Crippen LogP contribution in [-0.4, -0.2) is 28.7 Å². The molecule has 2 aliphatic rings. The Hall–Kier alpha value is -2.38. The van der Waals surface area contributed by atoms with E-state index >= 15 is 0 Å². The number of amides is 2. The van der Waals surface area contributed by atoms with Crippen molar-refractivity contribution < 1.29 is 19.1 Å². The maximum absolute atomic E-state index is 12.8. The first-order chi connectivity index (χ1) is 13.0. The van der Waals surface area contributed by atoms with E-state index in [2.05, 4.69) is 21.2 Å². The van der Waals surface area contributed by atoms with Crippen LogP contribution in [0.4, 0.5) is 5.69 Å². The van der Waals surface area contributed by atoms with Crippen molar-refractivity contribution in [1.29, 1.82) is 0 Å². The Morgan fingerprint density at radius 2 is 2.00 bits per heavy atom. The third kappa shape index (κ3) is 3.21. The third-order valence-electron chi connectivity index (χ3n) is 4.67. The Morgan fingerprint density at radius 3 is 2.78 bits per heavy atom. The summed E-state index contributed by atoms with van der Waals surface area (Å²) >= 11 is 9.48. The Morgan fingerprint density at radius 1 is 1.22 bits per heavy atom. The number of halogens is 2. The van der Waals surface area contributed by atoms with Crippen molar-refractivity contribution in [2.24, 2.45) is 0 Å². The number of likely N-dealkylation sites (tertiary alicyclic amines) is 1. The Bertz CT molecular complexity index is 964. The molecule has 2 heterocycles. The van der Waals surface area contributed by atoms with Gasteiger partial charge in [0.2, 0.25) is 18.0 Å². The van der Waals surface area contributed by atoms with Crippen molar-refractivity contribution >= 4 is 51.0 Å². The minimum absolute atomic E-state index is 0.211. The van der Waals surface area contributed by atoms with Crippen LogP contribution in [0, 0.1) is 0 Å². The Labute approximate surface area is 168 Å². The fraction of sp³-hybridized carbons (Fsp3) is 0.211. The van der Waals surface area contributed by atoms with E-state index in [1.165, 1.54) is 4.90 Å². The summed E-state index contributed by atoms with van der Waals surface area (Å²) in [6, 6.07) is 11.2. The van der Waals surface area contributed by atoms with Crippen molar-refractivity contribution in [2.45, 2.75) is 25.1 Å². The summed E-state index contributed by atoms with van der Waals surface area (Å²) in [5.74, 6) is -1.09. The molecule has 2 aliphatic heterocycles. The van der Waals surface area contributed by atoms with Crippen LogP contribution in [0.15, 0.2) is 46.9 Å². The molecule has 1 N–H and O–H groups in total. The van der Waals surface area contributed by atoms with E-state index in [0.29, 0.717) is 28.3 Å². The smallest absolute Gasteiger partial charge is 0.340 e. The average Bonchev–Trinajstić information content (AvgIpc) is 3.18. The predicted molar refractivity (Wildman–Crippen MR) is 102 cm³/mol. The van der Waals surface area contributed by atoms with Gasteiger partial charge in [-0.3, -0.25) is 14.5 Å². The highest BCUT2D eigenvalue weighted by Gasteiger charge is 2.46. The van der Waals surface area contributed by atoms with Gasteiger partial charge in [-0.2, -0.15) is 0 Å². The number of carbonyl (C=O) groups is 3. The van der Waals surface area contributed by atoms with Crippen LogP contribution in [0.2, 0.25) is 5.02 Å². The maximum Gasteiger partial charge on any atom is 0.340 e. The molecular weight excluding hydrogens is 436 g/mol. The van der Waals surface area contributed by atoms with Crippen LogP contribution in [0.3, 0.4) is 0 Å². The molecule has 1 saturated heterocycles. The van der Waals surface area contributed by atoms with Crippen LogP contribution >= 0.6 is 27.5 Å². The number of nitrogens with zero attached hydrogens (tertiary/aromatic N) is 1. The first-order valence-electron chi connectivity index (χ1n) is 8.32. The van der Waals surface area contributed by atoms with Crippen LogP contribution in [-0.2, 0) is 14.3 Å². The highest BCUT2D eigenvalue weighted by molar-refractivity contribution is 9.10. The minimum Gasteiger partial charge on any atom is -0.433 e. The van der Waals surface area contributed by atoms with Gasteiger partial charge in [0.05, 0.1) is 16.3 Å². The van der Waals surface area contributed by atoms with E-state index in [9.17, 15) is 14.4 Å². The van der Waals surface area contributed by atoms with Gasteiger partial charge in [-0.1, -0.05) is 45.7 Å². The SMILES string of the molecule is O=C1OC(N2C(=O)CC[C@H]2C(=O)Nc2ccc(Br)cc2Cl)c2ccccc21. The Kier molecular flexibility index (Phi) is 4.65. The number of fused-ring (bicyclic) bond motifs is 1. The number of anilines is 1. The van der Waals surface area contributed by atoms with Crippen molar-refractivity contribution in [1.82, 2.24) is 4.90 Å². The number of rotatable bonds is 3. The summed E-state index contributed by atoms with van der Waals surface area (Å²) in [5, 5.41) is 3.14. The second-order valence-electron chi connectivity index (χ2n) is 6.31. The number of esters is 1. The maximum atomic E-state index is 12.8. The largest absolute Gasteiger partial charge is 0.433 e. The van der Waals surface area contributed by atoms with Gasteiger partial charge >= 0.3 is 5.97 Å². The summed E-state index contributed by atoms with van der Waals surface area (Å²) in [7, 11) is 0. The lowest BCUT2D eigenvalue weighted by Crippen LogP contribution is -2.43. The van der Waals surface area contributed by atoms with Gasteiger partial charge in [0.15, 0.2) is 0 Å². The molecule has 2 amide bonds. The molecule has 0 radical (unpaired) electrons. The van der Waals surface area contributed by atoms with E-state index in [-0.39, 0.29) is 18.2 Å². The molecule has 6 nitrogen and oxygen atoms in total. The van der Waals surface area contributed by atoms with E-state index in [4.69, 9.17) is 16.3 Å². The third-order valence-corrected chi connectivity index (χ3v) is 5.47. The lowest BCUT2D eigenvalue weighted by molar-refractivity contribution is -0.144. The molecule has 0 spiro atoms. The van der Waals surface area contributed by atoms with Gasteiger partial charge in [0.25, 0.3) is 0 Å². The molecule has 2 aromatic carbocycles. The molecule has 2 aromatic rings. The van der Waals surface area contributed by atoms with Crippen LogP contribution in [0.25, 0.3) is 0 Å². The zero-order valence-electron chi connectivity index (χ0n) is 13.9. The average molecular weight is 450 g/mol. The molecule has 8 heteroatoms. The van der Waals surface area contributed by atoms with Gasteiger partial charge in [-0.05, 0) is 30.7 Å². The molecule has 0 saturated carbocycles. The lowest BCUT2D eigenvalue weighted by atomic mass is 10.1. The monoisotopic (exact) mass is 448 g/mol. The van der Waals surface area contributed by atoms with E-state index in [1.54, 1.807) is 42.5 Å². The lowest BCUT2D eigenvalue weighted by Gasteiger charge is -2.29. The fourth-order valence-electron chi connectivity index (χ4n) is 3.39. The van der Waals surface area contributed by atoms with Crippen molar-refractivity contribution in [2.75, 3.05) is 5.32 Å². The molecule has 4 rings (SSSR count). The van der Waals surface area contributed by atoms with Gasteiger partial charge < -0.3 is 10.1 Å². The number of nitrogens with one attached hydrogen (secondary N) is 1. The number of carbonyl (C=O) groups excluding carboxylic acids is 3. The van der Waals surface area contributed by atoms with Gasteiger partial charge in [-0.25, -0.2) is 4.79 Å². The van der Waals surface area contributed by atoms with Gasteiger partial charge in [0.1, 0.15) is 6.04 Å². The molecule has 27 heavy (non-hydrogen) atoms. The first kappa shape index (κ1) is 18.0. The molecule has 1 unspecified atom stereocenters. The molecule has 0 aliphatic carbocycles. The van der Waals surface area contributed by atoms with Crippen molar-refractivity contribution in [3.05, 3.63) is 63.1 Å². The number of hydrogen-bond acceptors (Lipinski definition) is 4. The number of cyclic esters (lactones) is 1. The molecular formula is C19H14BrClN2O4. The topological polar surface area (TPSA) is 75.7 Å². The second kappa shape index (κ2) is 6.98. The van der Waals surface area contributed by atoms with Gasteiger partial charge in [-0.15, -0.1) is 0 Å². The van der Waals surface area contributed by atoms with Crippen molar-refractivity contribution in [3.63, 3.8) is 0 Å². The standard InChI is InChI=1S/C19H14BrClN2O4/c20-10-5-6-14(13(21)9-10)22-17(25)15-7-8-16(24)23(15)18-11-3-1-2-4-12(11)19(26)27-18/h1-6,9,15,18H,7-8H2,(H,22,25)/t15-,18?/m0/s1. The normalized spacial score (nSPS) is 21.2. The summed E-state index contributed by atoms with van der Waals surface area (Å²) < 4.78 is 6.20. The minimum atomic E-state index is -0.889. The molecule has 0 bridgehead atoms. The predicted octanol–water partition coefficient (Wildman–Crippen LogP) is 3.90. The number of hydrogen-bond donors (Lipinski definition) is 1. The van der Waals surface area contributed by atoms with E-state index < -0.39 is 18.2 Å². The molecule has 2 atom stereocenters.